The van der Waals surface area contributed by atoms with Gasteiger partial charge in [-0.25, -0.2) is 9.79 Å². The van der Waals surface area contributed by atoms with Crippen molar-refractivity contribution < 1.29 is 23.8 Å². The Labute approximate surface area is 215 Å². The third kappa shape index (κ3) is 5.26. The third-order valence-corrected chi connectivity index (χ3v) is 6.60. The van der Waals surface area contributed by atoms with Crippen molar-refractivity contribution >= 4 is 34.5 Å². The molecule has 2 aliphatic rings. The molecule has 8 nitrogen and oxygen atoms in total. The maximum atomic E-state index is 12.9. The third-order valence-electron chi connectivity index (χ3n) is 5.83. The van der Waals surface area contributed by atoms with Crippen LogP contribution < -0.4 is 14.8 Å². The zero-order valence-electron chi connectivity index (χ0n) is 21.0. The number of amides is 1. The Kier molecular flexibility index (Phi) is 7.69. The molecule has 0 fully saturated rings. The monoisotopic (exact) mass is 507 g/mol. The van der Waals surface area contributed by atoms with E-state index in [1.54, 1.807) is 13.0 Å². The van der Waals surface area contributed by atoms with Crippen molar-refractivity contribution in [1.82, 2.24) is 4.90 Å². The summed E-state index contributed by atoms with van der Waals surface area (Å²) in [4.78, 5) is 31.9. The average molecular weight is 508 g/mol. The molecule has 9 heteroatoms. The maximum absolute atomic E-state index is 12.9. The summed E-state index contributed by atoms with van der Waals surface area (Å²) in [6.45, 7) is 7.63. The second-order valence-corrected chi connectivity index (χ2v) is 9.27. The topological polar surface area (TPSA) is 89.5 Å². The van der Waals surface area contributed by atoms with Crippen LogP contribution in [0.2, 0.25) is 0 Å². The first-order valence-corrected chi connectivity index (χ1v) is 12.5. The number of hydrogen-bond acceptors (Lipinski definition) is 8. The number of hydrogen-bond donors (Lipinski definition) is 1. The zero-order valence-corrected chi connectivity index (χ0v) is 21.8. The molecular formula is C27H29N3O5S. The predicted molar refractivity (Wildman–Crippen MR) is 141 cm³/mol. The molecule has 2 heterocycles. The SMILES string of the molecule is CCOC(=O)C1=C(C)N=C2SC=CN2[C@@H]1c1ccc(OCC(=O)Nc2ccc(C)cc2C)c(OC)c1. The van der Waals surface area contributed by atoms with Crippen LogP contribution in [0.5, 0.6) is 11.5 Å². The largest absolute Gasteiger partial charge is 0.493 e. The Morgan fingerprint density at radius 3 is 2.64 bits per heavy atom. The molecule has 4 rings (SSSR count). The molecule has 0 unspecified atom stereocenters. The van der Waals surface area contributed by atoms with Gasteiger partial charge in [-0.1, -0.05) is 35.5 Å². The van der Waals surface area contributed by atoms with Crippen molar-refractivity contribution in [3.8, 4) is 11.5 Å². The number of thioether (sulfide) groups is 1. The van der Waals surface area contributed by atoms with E-state index in [9.17, 15) is 9.59 Å². The first-order valence-electron chi connectivity index (χ1n) is 11.6. The fraction of sp³-hybridized carbons (Fsp3) is 0.296. The number of aryl methyl sites for hydroxylation is 2. The van der Waals surface area contributed by atoms with Crippen LogP contribution in [0.3, 0.4) is 0 Å². The number of amidine groups is 1. The standard InChI is InChI=1S/C27H29N3O5S/c1-6-34-26(32)24-18(4)28-27-30(11-12-36-27)25(24)19-8-10-21(22(14-19)33-5)35-15-23(31)29-20-9-7-16(2)13-17(20)3/h7-14,25H,6,15H2,1-5H3,(H,29,31)/t25-/m1/s1. The highest BCUT2D eigenvalue weighted by molar-refractivity contribution is 8.16. The van der Waals surface area contributed by atoms with Gasteiger partial charge in [0.05, 0.1) is 31.0 Å². The lowest BCUT2D eigenvalue weighted by Crippen LogP contribution is -2.34. The van der Waals surface area contributed by atoms with Crippen LogP contribution in [-0.2, 0) is 14.3 Å². The van der Waals surface area contributed by atoms with Gasteiger partial charge in [-0.05, 0) is 62.4 Å². The molecule has 0 spiro atoms. The van der Waals surface area contributed by atoms with Gasteiger partial charge in [-0.2, -0.15) is 0 Å². The Morgan fingerprint density at radius 1 is 1.11 bits per heavy atom. The molecule has 0 aliphatic carbocycles. The summed E-state index contributed by atoms with van der Waals surface area (Å²) in [6.07, 6.45) is 1.90. The number of benzene rings is 2. The van der Waals surface area contributed by atoms with Crippen molar-refractivity contribution in [1.29, 1.82) is 0 Å². The number of carbonyl (C=O) groups is 2. The number of nitrogens with zero attached hydrogens (tertiary/aromatic N) is 2. The van der Waals surface area contributed by atoms with E-state index in [0.717, 1.165) is 27.5 Å². The van der Waals surface area contributed by atoms with Crippen molar-refractivity contribution in [2.24, 2.45) is 4.99 Å². The van der Waals surface area contributed by atoms with Gasteiger partial charge in [-0.15, -0.1) is 0 Å². The van der Waals surface area contributed by atoms with Gasteiger partial charge in [0.25, 0.3) is 5.91 Å². The molecule has 0 saturated carbocycles. The fourth-order valence-electron chi connectivity index (χ4n) is 4.16. The lowest BCUT2D eigenvalue weighted by Gasteiger charge is -2.33. The van der Waals surface area contributed by atoms with Crippen LogP contribution in [0.1, 0.15) is 36.6 Å². The van der Waals surface area contributed by atoms with Crippen LogP contribution in [0.4, 0.5) is 5.69 Å². The number of methoxy groups -OCH3 is 1. The minimum Gasteiger partial charge on any atom is -0.493 e. The number of esters is 1. The van der Waals surface area contributed by atoms with Crippen molar-refractivity contribution in [3.05, 3.63) is 76.0 Å². The highest BCUT2D eigenvalue weighted by atomic mass is 32.2. The number of nitrogens with one attached hydrogen (secondary N) is 1. The number of fused-ring (bicyclic) bond motifs is 1. The van der Waals surface area contributed by atoms with Crippen LogP contribution in [0.15, 0.2) is 64.3 Å². The van der Waals surface area contributed by atoms with E-state index in [1.165, 1.54) is 18.9 Å². The Morgan fingerprint density at radius 2 is 1.92 bits per heavy atom. The van der Waals surface area contributed by atoms with E-state index in [1.807, 2.05) is 67.6 Å². The zero-order chi connectivity index (χ0) is 25.8. The van der Waals surface area contributed by atoms with Crippen molar-refractivity contribution in [2.45, 2.75) is 33.7 Å². The predicted octanol–water partition coefficient (Wildman–Crippen LogP) is 5.10. The number of carbonyl (C=O) groups excluding carboxylic acids is 2. The molecule has 36 heavy (non-hydrogen) atoms. The van der Waals surface area contributed by atoms with Gasteiger partial charge in [0, 0.05) is 11.9 Å². The summed E-state index contributed by atoms with van der Waals surface area (Å²) in [7, 11) is 1.54. The highest BCUT2D eigenvalue weighted by Crippen LogP contribution is 2.43. The molecule has 1 N–H and O–H groups in total. The Hall–Kier alpha value is -3.72. The van der Waals surface area contributed by atoms with Gasteiger partial charge in [0.15, 0.2) is 23.3 Å². The van der Waals surface area contributed by atoms with Gasteiger partial charge < -0.3 is 24.4 Å². The lowest BCUT2D eigenvalue weighted by atomic mass is 9.94. The smallest absolute Gasteiger partial charge is 0.338 e. The molecule has 0 aromatic heterocycles. The summed E-state index contributed by atoms with van der Waals surface area (Å²) in [6, 6.07) is 10.8. The quantitative estimate of drug-likeness (QED) is 0.498. The van der Waals surface area contributed by atoms with Crippen LogP contribution in [0.25, 0.3) is 0 Å². The molecule has 188 valence electrons. The second kappa shape index (κ2) is 10.9. The molecule has 1 atom stereocenters. The molecule has 2 aliphatic heterocycles. The van der Waals surface area contributed by atoms with E-state index in [-0.39, 0.29) is 19.1 Å². The van der Waals surface area contributed by atoms with E-state index in [2.05, 4.69) is 10.3 Å². The lowest BCUT2D eigenvalue weighted by molar-refractivity contribution is -0.139. The van der Waals surface area contributed by atoms with Crippen LogP contribution >= 0.6 is 11.8 Å². The van der Waals surface area contributed by atoms with E-state index in [4.69, 9.17) is 14.2 Å². The van der Waals surface area contributed by atoms with Gasteiger partial charge >= 0.3 is 5.97 Å². The fourth-order valence-corrected chi connectivity index (χ4v) is 4.95. The molecule has 0 saturated heterocycles. The number of anilines is 1. The maximum Gasteiger partial charge on any atom is 0.338 e. The van der Waals surface area contributed by atoms with Crippen molar-refractivity contribution in [3.63, 3.8) is 0 Å². The summed E-state index contributed by atoms with van der Waals surface area (Å²) < 4.78 is 16.7. The first-order chi connectivity index (χ1) is 17.3. The highest BCUT2D eigenvalue weighted by Gasteiger charge is 2.37. The Balaban J connectivity index is 1.55. The van der Waals surface area contributed by atoms with Crippen LogP contribution in [0, 0.1) is 13.8 Å². The number of aliphatic imine (C=N–C) groups is 1. The Bertz CT molecular complexity index is 1280. The number of rotatable bonds is 8. The van der Waals surface area contributed by atoms with Crippen molar-refractivity contribution in [2.75, 3.05) is 25.6 Å². The normalized spacial score (nSPS) is 16.4. The minimum atomic E-state index is -0.432. The van der Waals surface area contributed by atoms with E-state index < -0.39 is 12.0 Å². The molecule has 2 aromatic carbocycles. The summed E-state index contributed by atoms with van der Waals surface area (Å²) in [5.41, 5.74) is 4.74. The first kappa shape index (κ1) is 25.4. The van der Waals surface area contributed by atoms with Gasteiger partial charge in [-0.3, -0.25) is 4.79 Å². The molecule has 1 amide bonds. The summed E-state index contributed by atoms with van der Waals surface area (Å²) in [5.74, 6) is 0.193. The van der Waals surface area contributed by atoms with Crippen LogP contribution in [-0.4, -0.2) is 42.3 Å². The summed E-state index contributed by atoms with van der Waals surface area (Å²) in [5, 5.41) is 5.59. The minimum absolute atomic E-state index is 0.179. The molecule has 0 bridgehead atoms. The number of ether oxygens (including phenoxy) is 3. The number of allylic oxidation sites excluding steroid dienone is 1. The summed E-state index contributed by atoms with van der Waals surface area (Å²) >= 11 is 1.49. The van der Waals surface area contributed by atoms with E-state index in [0.29, 0.717) is 22.8 Å². The average Bonchev–Trinajstić information content (AvgIpc) is 3.31. The van der Waals surface area contributed by atoms with E-state index >= 15 is 0 Å². The van der Waals surface area contributed by atoms with Gasteiger partial charge in [0.2, 0.25) is 0 Å². The molecule has 0 radical (unpaired) electrons. The molecular weight excluding hydrogens is 478 g/mol. The molecule has 2 aromatic rings. The van der Waals surface area contributed by atoms with Gasteiger partial charge in [0.1, 0.15) is 0 Å². The second-order valence-electron chi connectivity index (χ2n) is 8.39.